The van der Waals surface area contributed by atoms with Gasteiger partial charge in [0.25, 0.3) is 0 Å². The Labute approximate surface area is 314 Å². The van der Waals surface area contributed by atoms with Gasteiger partial charge in [-0.1, -0.05) is 146 Å². The van der Waals surface area contributed by atoms with Crippen molar-refractivity contribution in [3.05, 3.63) is 212 Å². The first-order valence-corrected chi connectivity index (χ1v) is 18.4. The van der Waals surface area contributed by atoms with Gasteiger partial charge in [-0.2, -0.15) is 0 Å². The number of para-hydroxylation sites is 1. The number of furan rings is 1. The molecular weight excluding hydrogens is 655 g/mol. The molecule has 10 rings (SSSR count). The Balaban J connectivity index is 1.02. The van der Waals surface area contributed by atoms with Gasteiger partial charge in [0.15, 0.2) is 0 Å². The molecule has 0 radical (unpaired) electrons. The summed E-state index contributed by atoms with van der Waals surface area (Å²) in [7, 11) is 0. The Morgan fingerprint density at radius 3 is 1.52 bits per heavy atom. The van der Waals surface area contributed by atoms with Crippen LogP contribution in [0.4, 0.5) is 17.1 Å². The van der Waals surface area contributed by atoms with E-state index in [4.69, 9.17) is 4.42 Å². The molecule has 0 atom stereocenters. The molecule has 0 saturated heterocycles. The van der Waals surface area contributed by atoms with Crippen LogP contribution in [0, 0.1) is 0 Å². The third-order valence-corrected chi connectivity index (χ3v) is 10.4. The molecule has 9 aromatic carbocycles. The van der Waals surface area contributed by atoms with Crippen molar-refractivity contribution in [2.24, 2.45) is 0 Å². The fourth-order valence-corrected chi connectivity index (χ4v) is 7.68. The van der Waals surface area contributed by atoms with Crippen LogP contribution in [0.15, 0.2) is 217 Å². The number of hydrogen-bond acceptors (Lipinski definition) is 2. The van der Waals surface area contributed by atoms with Crippen LogP contribution in [0.5, 0.6) is 0 Å². The van der Waals surface area contributed by atoms with Crippen molar-refractivity contribution in [3.8, 4) is 44.5 Å². The van der Waals surface area contributed by atoms with Crippen molar-refractivity contribution in [2.45, 2.75) is 0 Å². The summed E-state index contributed by atoms with van der Waals surface area (Å²) in [5.41, 5.74) is 14.6. The fraction of sp³-hybridized carbons (Fsp3) is 0. The standard InChI is InChI=1S/C52H35NO/c1-2-11-36(12-3-1)44-19-10-20-47(34-44)53(48-29-30-52-50(35-48)49-21-6-7-22-51(49)54-52)46-27-25-38(26-28-46)40-15-8-16-41(31-40)42-17-9-18-43(33-42)45-24-23-37-13-4-5-14-39(37)32-45/h1-35H. The maximum absolute atomic E-state index is 6.21. The Kier molecular flexibility index (Phi) is 7.85. The topological polar surface area (TPSA) is 16.4 Å². The molecule has 0 fully saturated rings. The second-order valence-electron chi connectivity index (χ2n) is 13.8. The van der Waals surface area contributed by atoms with E-state index < -0.39 is 0 Å². The second-order valence-corrected chi connectivity index (χ2v) is 13.8. The average molecular weight is 690 g/mol. The van der Waals surface area contributed by atoms with Crippen LogP contribution in [0.1, 0.15) is 0 Å². The molecule has 2 nitrogen and oxygen atoms in total. The van der Waals surface area contributed by atoms with Crippen molar-refractivity contribution in [3.63, 3.8) is 0 Å². The van der Waals surface area contributed by atoms with Crippen LogP contribution in [0.2, 0.25) is 0 Å². The zero-order valence-corrected chi connectivity index (χ0v) is 29.6. The molecule has 0 aliphatic heterocycles. The van der Waals surface area contributed by atoms with E-state index in [0.29, 0.717) is 0 Å². The van der Waals surface area contributed by atoms with Crippen molar-refractivity contribution in [2.75, 3.05) is 4.90 Å². The lowest BCUT2D eigenvalue weighted by molar-refractivity contribution is 0.669. The second kappa shape index (κ2) is 13.4. The monoisotopic (exact) mass is 689 g/mol. The molecule has 0 saturated carbocycles. The molecule has 10 aromatic rings. The summed E-state index contributed by atoms with van der Waals surface area (Å²) >= 11 is 0. The van der Waals surface area contributed by atoms with E-state index in [9.17, 15) is 0 Å². The number of benzene rings is 9. The molecule has 2 heteroatoms. The molecule has 0 aliphatic carbocycles. The molecule has 254 valence electrons. The summed E-state index contributed by atoms with van der Waals surface area (Å²) in [6, 6.07) is 76.0. The van der Waals surface area contributed by atoms with Crippen LogP contribution < -0.4 is 4.90 Å². The van der Waals surface area contributed by atoms with E-state index in [1.807, 2.05) is 12.1 Å². The molecule has 1 aromatic heterocycles. The minimum absolute atomic E-state index is 0.885. The molecule has 0 aliphatic rings. The van der Waals surface area contributed by atoms with Gasteiger partial charge in [0.05, 0.1) is 0 Å². The molecule has 1 heterocycles. The van der Waals surface area contributed by atoms with Gasteiger partial charge in [0, 0.05) is 27.8 Å². The average Bonchev–Trinajstić information content (AvgIpc) is 3.62. The fourth-order valence-electron chi connectivity index (χ4n) is 7.68. The first kappa shape index (κ1) is 31.6. The van der Waals surface area contributed by atoms with Gasteiger partial charge in [-0.15, -0.1) is 0 Å². The van der Waals surface area contributed by atoms with Gasteiger partial charge >= 0.3 is 0 Å². The Morgan fingerprint density at radius 1 is 0.259 bits per heavy atom. The summed E-state index contributed by atoms with van der Waals surface area (Å²) in [6.07, 6.45) is 0. The number of nitrogens with zero attached hydrogens (tertiary/aromatic N) is 1. The summed E-state index contributed by atoms with van der Waals surface area (Å²) in [5.74, 6) is 0. The number of rotatable bonds is 7. The quantitative estimate of drug-likeness (QED) is 0.166. The predicted molar refractivity (Wildman–Crippen MR) is 228 cm³/mol. The summed E-state index contributed by atoms with van der Waals surface area (Å²) in [5, 5.41) is 4.73. The lowest BCUT2D eigenvalue weighted by Crippen LogP contribution is -2.10. The van der Waals surface area contributed by atoms with E-state index in [1.54, 1.807) is 0 Å². The first-order valence-electron chi connectivity index (χ1n) is 18.4. The van der Waals surface area contributed by atoms with Crippen LogP contribution in [-0.4, -0.2) is 0 Å². The SMILES string of the molecule is c1ccc(-c2cccc(N(c3ccc(-c4cccc(-c5cccc(-c6ccc7ccccc7c6)c5)c4)cc3)c3ccc4oc5ccccc5c4c3)c2)cc1. The third kappa shape index (κ3) is 5.90. The van der Waals surface area contributed by atoms with Gasteiger partial charge in [-0.3, -0.25) is 0 Å². The summed E-state index contributed by atoms with van der Waals surface area (Å²) < 4.78 is 6.21. The molecule has 0 spiro atoms. The van der Waals surface area contributed by atoms with Gasteiger partial charge in [0.1, 0.15) is 11.2 Å². The third-order valence-electron chi connectivity index (χ3n) is 10.4. The Bertz CT molecular complexity index is 2940. The van der Waals surface area contributed by atoms with Crippen LogP contribution in [0.3, 0.4) is 0 Å². The van der Waals surface area contributed by atoms with Gasteiger partial charge in [-0.05, 0) is 122 Å². The van der Waals surface area contributed by atoms with Gasteiger partial charge < -0.3 is 9.32 Å². The van der Waals surface area contributed by atoms with Crippen LogP contribution in [0.25, 0.3) is 77.2 Å². The smallest absolute Gasteiger partial charge is 0.135 e. The highest BCUT2D eigenvalue weighted by Crippen LogP contribution is 2.41. The molecule has 54 heavy (non-hydrogen) atoms. The maximum atomic E-state index is 6.21. The number of anilines is 3. The lowest BCUT2D eigenvalue weighted by atomic mass is 9.95. The maximum Gasteiger partial charge on any atom is 0.135 e. The zero-order valence-electron chi connectivity index (χ0n) is 29.6. The molecule has 0 N–H and O–H groups in total. The Morgan fingerprint density at radius 2 is 0.759 bits per heavy atom. The Hall–Kier alpha value is -7.16. The van der Waals surface area contributed by atoms with Crippen molar-refractivity contribution >= 4 is 49.8 Å². The molecule has 0 bridgehead atoms. The number of fused-ring (bicyclic) bond motifs is 4. The summed E-state index contributed by atoms with van der Waals surface area (Å²) in [6.45, 7) is 0. The minimum atomic E-state index is 0.885. The van der Waals surface area contributed by atoms with Crippen LogP contribution >= 0.6 is 0 Å². The lowest BCUT2D eigenvalue weighted by Gasteiger charge is -2.26. The highest BCUT2D eigenvalue weighted by Gasteiger charge is 2.17. The van der Waals surface area contributed by atoms with Gasteiger partial charge in [0.2, 0.25) is 0 Å². The van der Waals surface area contributed by atoms with E-state index in [2.05, 4.69) is 205 Å². The largest absolute Gasteiger partial charge is 0.456 e. The summed E-state index contributed by atoms with van der Waals surface area (Å²) in [4.78, 5) is 2.34. The van der Waals surface area contributed by atoms with E-state index in [1.165, 1.54) is 55.3 Å². The molecule has 0 amide bonds. The van der Waals surface area contributed by atoms with Crippen LogP contribution in [-0.2, 0) is 0 Å². The first-order chi connectivity index (χ1) is 26.7. The highest BCUT2D eigenvalue weighted by atomic mass is 16.3. The highest BCUT2D eigenvalue weighted by molar-refractivity contribution is 6.06. The van der Waals surface area contributed by atoms with Crippen molar-refractivity contribution < 1.29 is 4.42 Å². The minimum Gasteiger partial charge on any atom is -0.456 e. The molecule has 0 unspecified atom stereocenters. The van der Waals surface area contributed by atoms with E-state index in [-0.39, 0.29) is 0 Å². The van der Waals surface area contributed by atoms with E-state index in [0.717, 1.165) is 39.0 Å². The van der Waals surface area contributed by atoms with Crippen molar-refractivity contribution in [1.29, 1.82) is 0 Å². The number of hydrogen-bond donors (Lipinski definition) is 0. The zero-order chi connectivity index (χ0) is 35.8. The van der Waals surface area contributed by atoms with E-state index >= 15 is 0 Å². The normalized spacial score (nSPS) is 11.3. The molecular formula is C52H35NO. The van der Waals surface area contributed by atoms with Crippen molar-refractivity contribution in [1.82, 2.24) is 0 Å². The predicted octanol–water partition coefficient (Wildman–Crippen LogP) is 14.9. The van der Waals surface area contributed by atoms with Gasteiger partial charge in [-0.25, -0.2) is 0 Å².